The predicted molar refractivity (Wildman–Crippen MR) is 130 cm³/mol. The van der Waals surface area contributed by atoms with Crippen molar-refractivity contribution in [1.82, 2.24) is 20.2 Å². The van der Waals surface area contributed by atoms with Crippen molar-refractivity contribution in [3.05, 3.63) is 71.8 Å². The minimum atomic E-state index is -0.307. The van der Waals surface area contributed by atoms with E-state index in [0.29, 0.717) is 35.7 Å². The Balaban J connectivity index is 1.28. The number of fused-ring (bicyclic) bond motifs is 2. The number of rotatable bonds is 4. The van der Waals surface area contributed by atoms with E-state index in [9.17, 15) is 14.0 Å². The first-order chi connectivity index (χ1) is 16.9. The Morgan fingerprint density at radius 3 is 2.60 bits per heavy atom. The second kappa shape index (κ2) is 8.15. The van der Waals surface area contributed by atoms with E-state index in [1.807, 2.05) is 12.1 Å². The summed E-state index contributed by atoms with van der Waals surface area (Å²) in [7, 11) is 0. The number of nitrogens with one attached hydrogen (secondary N) is 1. The molecule has 178 valence electrons. The van der Waals surface area contributed by atoms with Gasteiger partial charge in [0.1, 0.15) is 5.82 Å². The van der Waals surface area contributed by atoms with Crippen molar-refractivity contribution in [2.24, 2.45) is 0 Å². The number of aromatic nitrogens is 2. The van der Waals surface area contributed by atoms with E-state index < -0.39 is 0 Å². The zero-order valence-corrected chi connectivity index (χ0v) is 19.5. The summed E-state index contributed by atoms with van der Waals surface area (Å²) in [5.41, 5.74) is 4.00. The summed E-state index contributed by atoms with van der Waals surface area (Å²) < 4.78 is 14.2. The predicted octanol–water partition coefficient (Wildman–Crippen LogP) is 3.82. The zero-order chi connectivity index (χ0) is 24.2. The molecule has 2 aliphatic heterocycles. The van der Waals surface area contributed by atoms with Gasteiger partial charge in [-0.2, -0.15) is 0 Å². The van der Waals surface area contributed by atoms with E-state index in [-0.39, 0.29) is 29.1 Å². The number of likely N-dealkylation sites (tertiary alicyclic amines) is 1. The molecule has 0 unspecified atom stereocenters. The first-order valence-electron chi connectivity index (χ1n) is 12.0. The van der Waals surface area contributed by atoms with Crippen LogP contribution in [0.4, 0.5) is 16.0 Å². The lowest BCUT2D eigenvalue weighted by Crippen LogP contribution is -2.37. The minimum absolute atomic E-state index is 0.00141. The summed E-state index contributed by atoms with van der Waals surface area (Å²) in [4.78, 5) is 37.7. The van der Waals surface area contributed by atoms with Crippen molar-refractivity contribution >= 4 is 23.5 Å². The molecule has 3 aromatic rings. The van der Waals surface area contributed by atoms with Crippen LogP contribution >= 0.6 is 0 Å². The van der Waals surface area contributed by atoms with Gasteiger partial charge in [0.05, 0.1) is 0 Å². The lowest BCUT2D eigenvalue weighted by molar-refractivity contribution is -0.119. The summed E-state index contributed by atoms with van der Waals surface area (Å²) >= 11 is 0. The third-order valence-electron chi connectivity index (χ3n) is 7.37. The molecule has 1 spiro atoms. The van der Waals surface area contributed by atoms with Crippen molar-refractivity contribution in [3.63, 3.8) is 0 Å². The average molecular weight is 472 g/mol. The second-order valence-corrected chi connectivity index (χ2v) is 9.79. The molecule has 2 aromatic carbocycles. The van der Waals surface area contributed by atoms with Gasteiger partial charge >= 0.3 is 0 Å². The molecule has 1 saturated carbocycles. The standard InChI is InChI=1S/C27H26FN5O2/c1-17(34)31-20-8-11-32(15-20)25(35)18-6-7-22-24(12-18)33(16-27(22)9-10-27)26-29-13-19(14-30-26)21-4-2-3-5-23(21)28/h2-7,12-14,20H,8-11,15-16H2,1H3,(H,31,34)/t20-/m1/s1. The lowest BCUT2D eigenvalue weighted by Gasteiger charge is -2.20. The largest absolute Gasteiger partial charge is 0.352 e. The molecule has 2 fully saturated rings. The quantitative estimate of drug-likeness (QED) is 0.626. The van der Waals surface area contributed by atoms with Crippen LogP contribution < -0.4 is 10.2 Å². The zero-order valence-electron chi connectivity index (χ0n) is 19.5. The molecular weight excluding hydrogens is 445 g/mol. The van der Waals surface area contributed by atoms with Crippen LogP contribution in [0.25, 0.3) is 11.1 Å². The molecule has 1 atom stereocenters. The fraction of sp³-hybridized carbons (Fsp3) is 0.333. The summed E-state index contributed by atoms with van der Waals surface area (Å²) in [6, 6.07) is 12.5. The van der Waals surface area contributed by atoms with Gasteiger partial charge in [0, 0.05) is 72.8 Å². The average Bonchev–Trinajstić information content (AvgIpc) is 3.37. The molecule has 0 radical (unpaired) electrons. The molecule has 8 heteroatoms. The molecule has 35 heavy (non-hydrogen) atoms. The molecule has 1 N–H and O–H groups in total. The van der Waals surface area contributed by atoms with Gasteiger partial charge in [-0.25, -0.2) is 14.4 Å². The SMILES string of the molecule is CC(=O)N[C@@H]1CCN(C(=O)c2ccc3c(c2)N(c2ncc(-c4ccccc4F)cn2)CC32CC2)C1. The molecule has 6 rings (SSSR count). The topological polar surface area (TPSA) is 78.4 Å². The van der Waals surface area contributed by atoms with E-state index in [1.165, 1.54) is 18.6 Å². The fourth-order valence-corrected chi connectivity index (χ4v) is 5.39. The summed E-state index contributed by atoms with van der Waals surface area (Å²) in [5.74, 6) is 0.131. The number of amides is 2. The number of benzene rings is 2. The lowest BCUT2D eigenvalue weighted by atomic mass is 9.97. The molecule has 3 aliphatic rings. The minimum Gasteiger partial charge on any atom is -0.352 e. The number of hydrogen-bond donors (Lipinski definition) is 1. The van der Waals surface area contributed by atoms with Crippen molar-refractivity contribution in [2.45, 2.75) is 37.6 Å². The van der Waals surface area contributed by atoms with Gasteiger partial charge in [0.15, 0.2) is 0 Å². The van der Waals surface area contributed by atoms with Gasteiger partial charge in [-0.3, -0.25) is 9.59 Å². The highest BCUT2D eigenvalue weighted by molar-refractivity contribution is 5.96. The molecule has 1 saturated heterocycles. The van der Waals surface area contributed by atoms with Crippen molar-refractivity contribution in [1.29, 1.82) is 0 Å². The Bertz CT molecular complexity index is 1320. The first-order valence-corrected chi connectivity index (χ1v) is 12.0. The fourth-order valence-electron chi connectivity index (χ4n) is 5.39. The Kier molecular flexibility index (Phi) is 5.05. The van der Waals surface area contributed by atoms with E-state index in [2.05, 4.69) is 26.3 Å². The monoisotopic (exact) mass is 471 g/mol. The van der Waals surface area contributed by atoms with E-state index >= 15 is 0 Å². The molecule has 7 nitrogen and oxygen atoms in total. The van der Waals surface area contributed by atoms with E-state index in [1.54, 1.807) is 35.5 Å². The molecule has 1 aromatic heterocycles. The Hall–Kier alpha value is -3.81. The highest BCUT2D eigenvalue weighted by Gasteiger charge is 2.52. The van der Waals surface area contributed by atoms with Crippen LogP contribution in [0.2, 0.25) is 0 Å². The Labute approximate surface area is 203 Å². The molecule has 0 bridgehead atoms. The summed E-state index contributed by atoms with van der Waals surface area (Å²) in [6.07, 6.45) is 6.26. The molecule has 2 amide bonds. The van der Waals surface area contributed by atoms with Gasteiger partial charge in [-0.1, -0.05) is 24.3 Å². The smallest absolute Gasteiger partial charge is 0.254 e. The van der Waals surface area contributed by atoms with Crippen molar-refractivity contribution in [2.75, 3.05) is 24.5 Å². The molecular formula is C27H26FN5O2. The second-order valence-electron chi connectivity index (χ2n) is 9.79. The van der Waals surface area contributed by atoms with Crippen LogP contribution in [0.5, 0.6) is 0 Å². The van der Waals surface area contributed by atoms with Crippen molar-refractivity contribution in [3.8, 4) is 11.1 Å². The third-order valence-corrected chi connectivity index (χ3v) is 7.37. The van der Waals surface area contributed by atoms with Crippen LogP contribution in [0.15, 0.2) is 54.9 Å². The van der Waals surface area contributed by atoms with Gasteiger partial charge < -0.3 is 15.1 Å². The van der Waals surface area contributed by atoms with Crippen molar-refractivity contribution < 1.29 is 14.0 Å². The number of nitrogens with zero attached hydrogens (tertiary/aromatic N) is 4. The van der Waals surface area contributed by atoms with Gasteiger partial charge in [-0.15, -0.1) is 0 Å². The number of hydrogen-bond acceptors (Lipinski definition) is 5. The normalized spacial score (nSPS) is 19.7. The Morgan fingerprint density at radius 1 is 1.11 bits per heavy atom. The number of carbonyl (C=O) groups is 2. The third kappa shape index (κ3) is 3.83. The maximum Gasteiger partial charge on any atom is 0.254 e. The van der Waals surface area contributed by atoms with Crippen LogP contribution in [-0.4, -0.2) is 52.4 Å². The summed E-state index contributed by atoms with van der Waals surface area (Å²) in [6.45, 7) is 3.41. The number of halogens is 1. The molecule has 1 aliphatic carbocycles. The summed E-state index contributed by atoms with van der Waals surface area (Å²) in [5, 5.41) is 2.91. The van der Waals surface area contributed by atoms with Crippen LogP contribution in [-0.2, 0) is 10.2 Å². The van der Waals surface area contributed by atoms with Gasteiger partial charge in [-0.05, 0) is 43.0 Å². The highest BCUT2D eigenvalue weighted by atomic mass is 19.1. The van der Waals surface area contributed by atoms with Crippen LogP contribution in [0.1, 0.15) is 42.1 Å². The maximum absolute atomic E-state index is 14.2. The Morgan fingerprint density at radius 2 is 1.89 bits per heavy atom. The number of anilines is 2. The number of carbonyl (C=O) groups excluding carboxylic acids is 2. The maximum atomic E-state index is 14.2. The van der Waals surface area contributed by atoms with Crippen LogP contribution in [0.3, 0.4) is 0 Å². The van der Waals surface area contributed by atoms with E-state index in [4.69, 9.17) is 0 Å². The first kappa shape index (κ1) is 21.7. The van der Waals surface area contributed by atoms with E-state index in [0.717, 1.165) is 31.5 Å². The van der Waals surface area contributed by atoms with Gasteiger partial charge in [0.2, 0.25) is 11.9 Å². The highest BCUT2D eigenvalue weighted by Crippen LogP contribution is 2.57. The van der Waals surface area contributed by atoms with Crippen LogP contribution in [0, 0.1) is 5.82 Å². The molecule has 3 heterocycles. The van der Waals surface area contributed by atoms with Gasteiger partial charge in [0.25, 0.3) is 5.91 Å².